The lowest BCUT2D eigenvalue weighted by Crippen LogP contribution is -2.16. The first-order chi connectivity index (χ1) is 9.52. The van der Waals surface area contributed by atoms with Gasteiger partial charge in [-0.05, 0) is 36.2 Å². The SMILES string of the molecule is Cc1ccc(F)c(C(=O)Nc2ccc(CBr)cc2)c1F. The van der Waals surface area contributed by atoms with Gasteiger partial charge in [-0.15, -0.1) is 0 Å². The normalized spacial score (nSPS) is 10.4. The van der Waals surface area contributed by atoms with E-state index in [2.05, 4.69) is 21.2 Å². The molecule has 0 aliphatic heterocycles. The Bertz CT molecular complexity index is 641. The van der Waals surface area contributed by atoms with Crippen LogP contribution in [0.2, 0.25) is 0 Å². The fourth-order valence-electron chi connectivity index (χ4n) is 1.74. The zero-order valence-electron chi connectivity index (χ0n) is 10.7. The van der Waals surface area contributed by atoms with E-state index in [4.69, 9.17) is 0 Å². The molecule has 0 aliphatic carbocycles. The van der Waals surface area contributed by atoms with Crippen LogP contribution in [0.1, 0.15) is 21.5 Å². The van der Waals surface area contributed by atoms with Crippen molar-refractivity contribution in [1.29, 1.82) is 0 Å². The Morgan fingerprint density at radius 2 is 1.80 bits per heavy atom. The minimum absolute atomic E-state index is 0.228. The second-order valence-electron chi connectivity index (χ2n) is 4.34. The monoisotopic (exact) mass is 339 g/mol. The first kappa shape index (κ1) is 14.7. The molecule has 1 amide bonds. The Hall–Kier alpha value is -1.75. The third kappa shape index (κ3) is 3.04. The smallest absolute Gasteiger partial charge is 0.261 e. The number of hydrogen-bond donors (Lipinski definition) is 1. The molecule has 0 saturated carbocycles. The molecule has 0 fully saturated rings. The molecule has 0 saturated heterocycles. The van der Waals surface area contributed by atoms with Crippen LogP contribution in [-0.4, -0.2) is 5.91 Å². The third-order valence-electron chi connectivity index (χ3n) is 2.88. The molecule has 2 aromatic carbocycles. The van der Waals surface area contributed by atoms with Crippen molar-refractivity contribution in [3.05, 3.63) is 64.7 Å². The average molecular weight is 340 g/mol. The number of nitrogens with one attached hydrogen (secondary N) is 1. The number of carbonyl (C=O) groups is 1. The summed E-state index contributed by atoms with van der Waals surface area (Å²) in [5, 5.41) is 3.18. The van der Waals surface area contributed by atoms with E-state index in [0.717, 1.165) is 11.6 Å². The van der Waals surface area contributed by atoms with Crippen LogP contribution >= 0.6 is 15.9 Å². The van der Waals surface area contributed by atoms with Gasteiger partial charge in [0, 0.05) is 11.0 Å². The first-order valence-electron chi connectivity index (χ1n) is 5.93. The third-order valence-corrected chi connectivity index (χ3v) is 3.52. The first-order valence-corrected chi connectivity index (χ1v) is 7.06. The lowest BCUT2D eigenvalue weighted by Gasteiger charge is -2.09. The van der Waals surface area contributed by atoms with Crippen molar-refractivity contribution in [1.82, 2.24) is 0 Å². The Kier molecular flexibility index (Phi) is 4.49. The molecule has 0 atom stereocenters. The molecule has 0 aromatic heterocycles. The van der Waals surface area contributed by atoms with Crippen molar-refractivity contribution >= 4 is 27.5 Å². The number of alkyl halides is 1. The van der Waals surface area contributed by atoms with Crippen molar-refractivity contribution in [2.45, 2.75) is 12.3 Å². The fraction of sp³-hybridized carbons (Fsp3) is 0.133. The van der Waals surface area contributed by atoms with Gasteiger partial charge in [-0.2, -0.15) is 0 Å². The van der Waals surface area contributed by atoms with E-state index in [1.807, 2.05) is 12.1 Å². The molecule has 0 unspecified atom stereocenters. The second-order valence-corrected chi connectivity index (χ2v) is 4.90. The number of halogens is 3. The molecule has 20 heavy (non-hydrogen) atoms. The maximum Gasteiger partial charge on any atom is 0.261 e. The van der Waals surface area contributed by atoms with E-state index in [1.165, 1.54) is 13.0 Å². The summed E-state index contributed by atoms with van der Waals surface area (Å²) in [7, 11) is 0. The Balaban J connectivity index is 2.26. The molecule has 0 aliphatic rings. The standard InChI is InChI=1S/C15H12BrF2NO/c1-9-2-7-12(17)13(14(9)18)15(20)19-11-5-3-10(8-16)4-6-11/h2-7H,8H2,1H3,(H,19,20). The maximum atomic E-state index is 13.8. The molecule has 2 aromatic rings. The van der Waals surface area contributed by atoms with E-state index < -0.39 is 23.1 Å². The maximum absolute atomic E-state index is 13.8. The predicted molar refractivity (Wildman–Crippen MR) is 78.1 cm³/mol. The van der Waals surface area contributed by atoms with Crippen LogP contribution in [0.25, 0.3) is 0 Å². The summed E-state index contributed by atoms with van der Waals surface area (Å²) in [6, 6.07) is 9.37. The van der Waals surface area contributed by atoms with Gasteiger partial charge < -0.3 is 5.32 Å². The molecule has 104 valence electrons. The highest BCUT2D eigenvalue weighted by Gasteiger charge is 2.19. The summed E-state index contributed by atoms with van der Waals surface area (Å²) in [6.45, 7) is 1.48. The molecule has 2 nitrogen and oxygen atoms in total. The summed E-state index contributed by atoms with van der Waals surface area (Å²) >= 11 is 3.31. The minimum atomic E-state index is -0.873. The van der Waals surface area contributed by atoms with Crippen molar-refractivity contribution in [2.75, 3.05) is 5.32 Å². The lowest BCUT2D eigenvalue weighted by atomic mass is 10.1. The number of anilines is 1. The van der Waals surface area contributed by atoms with Gasteiger partial charge in [0.1, 0.15) is 17.2 Å². The van der Waals surface area contributed by atoms with Gasteiger partial charge in [0.15, 0.2) is 0 Å². The van der Waals surface area contributed by atoms with E-state index in [9.17, 15) is 13.6 Å². The van der Waals surface area contributed by atoms with Gasteiger partial charge in [-0.3, -0.25) is 4.79 Å². The molecule has 0 bridgehead atoms. The number of hydrogen-bond acceptors (Lipinski definition) is 1. The highest BCUT2D eigenvalue weighted by molar-refractivity contribution is 9.08. The van der Waals surface area contributed by atoms with Crippen molar-refractivity contribution < 1.29 is 13.6 Å². The Morgan fingerprint density at radius 3 is 2.40 bits per heavy atom. The van der Waals surface area contributed by atoms with E-state index in [0.29, 0.717) is 11.0 Å². The second kappa shape index (κ2) is 6.13. The summed E-state index contributed by atoms with van der Waals surface area (Å²) in [5.41, 5.74) is 1.19. The molecular weight excluding hydrogens is 328 g/mol. The largest absolute Gasteiger partial charge is 0.322 e. The summed E-state index contributed by atoms with van der Waals surface area (Å²) in [6.07, 6.45) is 0. The van der Waals surface area contributed by atoms with Gasteiger partial charge >= 0.3 is 0 Å². The highest BCUT2D eigenvalue weighted by Crippen LogP contribution is 2.19. The minimum Gasteiger partial charge on any atom is -0.322 e. The summed E-state index contributed by atoms with van der Waals surface area (Å²) in [4.78, 5) is 12.0. The fourth-order valence-corrected chi connectivity index (χ4v) is 2.11. The zero-order valence-corrected chi connectivity index (χ0v) is 12.3. The van der Waals surface area contributed by atoms with Crippen LogP contribution in [0.3, 0.4) is 0 Å². The van der Waals surface area contributed by atoms with Gasteiger partial charge in [-0.1, -0.05) is 34.1 Å². The number of amides is 1. The molecule has 0 heterocycles. The molecule has 5 heteroatoms. The van der Waals surface area contributed by atoms with Crippen LogP contribution in [0.5, 0.6) is 0 Å². The van der Waals surface area contributed by atoms with E-state index in [-0.39, 0.29) is 5.56 Å². The van der Waals surface area contributed by atoms with Crippen LogP contribution in [0, 0.1) is 18.6 Å². The van der Waals surface area contributed by atoms with Crippen molar-refractivity contribution in [3.63, 3.8) is 0 Å². The number of benzene rings is 2. The van der Waals surface area contributed by atoms with Crippen LogP contribution < -0.4 is 5.32 Å². The average Bonchev–Trinajstić information content (AvgIpc) is 2.44. The molecule has 1 N–H and O–H groups in total. The van der Waals surface area contributed by atoms with Gasteiger partial charge in [-0.25, -0.2) is 8.78 Å². The quantitative estimate of drug-likeness (QED) is 0.824. The van der Waals surface area contributed by atoms with Crippen molar-refractivity contribution in [3.8, 4) is 0 Å². The van der Waals surface area contributed by atoms with Crippen LogP contribution in [0.4, 0.5) is 14.5 Å². The molecular formula is C15H12BrF2NO. The Labute approximate surface area is 123 Å². The Morgan fingerprint density at radius 1 is 1.15 bits per heavy atom. The number of carbonyl (C=O) groups excluding carboxylic acids is 1. The highest BCUT2D eigenvalue weighted by atomic mass is 79.9. The zero-order chi connectivity index (χ0) is 14.7. The van der Waals surface area contributed by atoms with Gasteiger partial charge in [0.2, 0.25) is 0 Å². The van der Waals surface area contributed by atoms with Gasteiger partial charge in [0.05, 0.1) is 0 Å². The lowest BCUT2D eigenvalue weighted by molar-refractivity contribution is 0.101. The predicted octanol–water partition coefficient (Wildman–Crippen LogP) is 4.42. The summed E-state index contributed by atoms with van der Waals surface area (Å²) < 4.78 is 27.4. The van der Waals surface area contributed by atoms with Gasteiger partial charge in [0.25, 0.3) is 5.91 Å². The van der Waals surface area contributed by atoms with E-state index in [1.54, 1.807) is 12.1 Å². The van der Waals surface area contributed by atoms with Crippen LogP contribution in [-0.2, 0) is 5.33 Å². The van der Waals surface area contributed by atoms with E-state index >= 15 is 0 Å². The number of aryl methyl sites for hydroxylation is 1. The number of rotatable bonds is 3. The topological polar surface area (TPSA) is 29.1 Å². The molecule has 0 radical (unpaired) electrons. The summed E-state index contributed by atoms with van der Waals surface area (Å²) in [5.74, 6) is -2.50. The molecule has 0 spiro atoms. The molecule has 2 rings (SSSR count). The van der Waals surface area contributed by atoms with Crippen molar-refractivity contribution in [2.24, 2.45) is 0 Å². The van der Waals surface area contributed by atoms with Crippen LogP contribution in [0.15, 0.2) is 36.4 Å².